The first kappa shape index (κ1) is 12.4. The minimum atomic E-state index is 0.247. The lowest BCUT2D eigenvalue weighted by atomic mass is 9.95. The second-order valence-electron chi connectivity index (χ2n) is 6.43. The molecule has 3 unspecified atom stereocenters. The molecule has 0 aromatic rings. The maximum Gasteiger partial charge on any atom is 0.234 e. The number of fused-ring (bicyclic) bond motifs is 2. The van der Waals surface area contributed by atoms with Crippen LogP contribution in [0.1, 0.15) is 25.7 Å². The number of amides is 1. The molecule has 18 heavy (non-hydrogen) atoms. The first-order valence-corrected chi connectivity index (χ1v) is 7.41. The Bertz CT molecular complexity index is 312. The van der Waals surface area contributed by atoms with Gasteiger partial charge in [0.05, 0.1) is 6.54 Å². The quantitative estimate of drug-likeness (QED) is 0.795. The van der Waals surface area contributed by atoms with Gasteiger partial charge in [-0.3, -0.25) is 9.69 Å². The molecule has 2 bridgehead atoms. The fourth-order valence-corrected chi connectivity index (χ4v) is 3.88. The predicted octanol–water partition coefficient (Wildman–Crippen LogP) is 0.539. The molecule has 102 valence electrons. The van der Waals surface area contributed by atoms with Gasteiger partial charge in [-0.1, -0.05) is 6.42 Å². The van der Waals surface area contributed by atoms with Crippen LogP contribution in [-0.4, -0.2) is 61.5 Å². The molecule has 3 fully saturated rings. The molecular weight excluding hydrogens is 226 g/mol. The average molecular weight is 251 g/mol. The highest BCUT2D eigenvalue weighted by Crippen LogP contribution is 2.44. The molecule has 4 nitrogen and oxygen atoms in total. The van der Waals surface area contributed by atoms with E-state index in [0.717, 1.165) is 38.0 Å². The summed E-state index contributed by atoms with van der Waals surface area (Å²) in [6.45, 7) is 4.83. The Morgan fingerprint density at radius 2 is 1.94 bits per heavy atom. The van der Waals surface area contributed by atoms with Gasteiger partial charge in [0.2, 0.25) is 5.91 Å². The third kappa shape index (κ3) is 2.69. The van der Waals surface area contributed by atoms with E-state index in [1.807, 2.05) is 0 Å². The van der Waals surface area contributed by atoms with Gasteiger partial charge in [-0.05, 0) is 38.1 Å². The number of carbonyl (C=O) groups excluding carboxylic acids is 1. The van der Waals surface area contributed by atoms with Gasteiger partial charge in [0, 0.05) is 32.2 Å². The second-order valence-corrected chi connectivity index (χ2v) is 6.43. The standard InChI is InChI=1S/C14H25N3O/c1-16-4-6-17(7-5-16)10-14(18)15-13-9-11-2-3-12(13)8-11/h11-13H,2-10H2,1H3,(H,15,18). The molecule has 2 aliphatic carbocycles. The van der Waals surface area contributed by atoms with Crippen molar-refractivity contribution in [2.75, 3.05) is 39.8 Å². The molecule has 1 amide bonds. The van der Waals surface area contributed by atoms with Gasteiger partial charge in [0.15, 0.2) is 0 Å². The largest absolute Gasteiger partial charge is 0.352 e. The van der Waals surface area contributed by atoms with E-state index in [4.69, 9.17) is 0 Å². The molecule has 3 aliphatic rings. The number of carbonyl (C=O) groups is 1. The molecular formula is C14H25N3O. The zero-order chi connectivity index (χ0) is 12.5. The number of piperazine rings is 1. The highest BCUT2D eigenvalue weighted by molar-refractivity contribution is 5.78. The summed E-state index contributed by atoms with van der Waals surface area (Å²) in [5.41, 5.74) is 0. The van der Waals surface area contributed by atoms with E-state index in [-0.39, 0.29) is 5.91 Å². The molecule has 0 aromatic carbocycles. The summed E-state index contributed by atoms with van der Waals surface area (Å²) in [4.78, 5) is 16.7. The molecule has 1 saturated heterocycles. The predicted molar refractivity (Wildman–Crippen MR) is 71.3 cm³/mol. The molecule has 0 aromatic heterocycles. The number of nitrogens with zero attached hydrogens (tertiary/aromatic N) is 2. The van der Waals surface area contributed by atoms with Gasteiger partial charge in [0.25, 0.3) is 0 Å². The van der Waals surface area contributed by atoms with Crippen molar-refractivity contribution in [2.45, 2.75) is 31.7 Å². The monoisotopic (exact) mass is 251 g/mol. The molecule has 3 atom stereocenters. The van der Waals surface area contributed by atoms with Crippen molar-refractivity contribution in [3.63, 3.8) is 0 Å². The molecule has 2 saturated carbocycles. The lowest BCUT2D eigenvalue weighted by Gasteiger charge is -2.32. The summed E-state index contributed by atoms with van der Waals surface area (Å²) in [6, 6.07) is 0.490. The number of rotatable bonds is 3. The van der Waals surface area contributed by atoms with Crippen molar-refractivity contribution in [3.8, 4) is 0 Å². The maximum atomic E-state index is 12.1. The van der Waals surface area contributed by atoms with Crippen LogP contribution in [0.2, 0.25) is 0 Å². The Labute approximate surface area is 110 Å². The molecule has 1 aliphatic heterocycles. The van der Waals surface area contributed by atoms with Crippen LogP contribution in [0.4, 0.5) is 0 Å². The molecule has 0 spiro atoms. The summed E-state index contributed by atoms with van der Waals surface area (Å²) in [5, 5.41) is 3.27. The number of likely N-dealkylation sites (N-methyl/N-ethyl adjacent to an activating group) is 1. The second kappa shape index (κ2) is 5.17. The van der Waals surface area contributed by atoms with Crippen LogP contribution in [0, 0.1) is 11.8 Å². The highest BCUT2D eigenvalue weighted by atomic mass is 16.2. The Hall–Kier alpha value is -0.610. The summed E-state index contributed by atoms with van der Waals surface area (Å²) < 4.78 is 0. The Balaban J connectivity index is 1.42. The van der Waals surface area contributed by atoms with Crippen LogP contribution in [0.5, 0.6) is 0 Å². The van der Waals surface area contributed by atoms with Crippen LogP contribution in [0.15, 0.2) is 0 Å². The first-order chi connectivity index (χ1) is 8.70. The SMILES string of the molecule is CN1CCN(CC(=O)NC2CC3CCC2C3)CC1. The molecule has 4 heteroatoms. The number of nitrogens with one attached hydrogen (secondary N) is 1. The van der Waals surface area contributed by atoms with Gasteiger partial charge < -0.3 is 10.2 Å². The van der Waals surface area contributed by atoms with E-state index in [0.29, 0.717) is 12.6 Å². The van der Waals surface area contributed by atoms with E-state index in [1.165, 1.54) is 25.7 Å². The van der Waals surface area contributed by atoms with E-state index in [2.05, 4.69) is 22.2 Å². The van der Waals surface area contributed by atoms with Crippen molar-refractivity contribution < 1.29 is 4.79 Å². The normalized spacial score (nSPS) is 37.1. The summed E-state index contributed by atoms with van der Waals surface area (Å²) >= 11 is 0. The molecule has 3 rings (SSSR count). The van der Waals surface area contributed by atoms with Crippen LogP contribution < -0.4 is 5.32 Å². The third-order valence-corrected chi connectivity index (χ3v) is 5.05. The van der Waals surface area contributed by atoms with Gasteiger partial charge in [0.1, 0.15) is 0 Å². The summed E-state index contributed by atoms with van der Waals surface area (Å²) in [5.74, 6) is 1.94. The van der Waals surface area contributed by atoms with Gasteiger partial charge in [-0.15, -0.1) is 0 Å². The van der Waals surface area contributed by atoms with Gasteiger partial charge in [-0.2, -0.15) is 0 Å². The van der Waals surface area contributed by atoms with Crippen LogP contribution >= 0.6 is 0 Å². The molecule has 0 radical (unpaired) electrons. The van der Waals surface area contributed by atoms with E-state index < -0.39 is 0 Å². The van der Waals surface area contributed by atoms with E-state index in [1.54, 1.807) is 0 Å². The fraction of sp³-hybridized carbons (Fsp3) is 0.929. The Kier molecular flexibility index (Phi) is 3.57. The summed E-state index contributed by atoms with van der Waals surface area (Å²) in [6.07, 6.45) is 5.33. The number of hydrogen-bond donors (Lipinski definition) is 1. The Morgan fingerprint density at radius 1 is 1.17 bits per heavy atom. The van der Waals surface area contributed by atoms with Crippen molar-refractivity contribution >= 4 is 5.91 Å². The van der Waals surface area contributed by atoms with Gasteiger partial charge >= 0.3 is 0 Å². The first-order valence-electron chi connectivity index (χ1n) is 7.41. The zero-order valence-electron chi connectivity index (χ0n) is 11.4. The lowest BCUT2D eigenvalue weighted by molar-refractivity contribution is -0.123. The Morgan fingerprint density at radius 3 is 2.56 bits per heavy atom. The van der Waals surface area contributed by atoms with Gasteiger partial charge in [-0.25, -0.2) is 0 Å². The molecule has 1 heterocycles. The topological polar surface area (TPSA) is 35.6 Å². The minimum absolute atomic E-state index is 0.247. The zero-order valence-corrected chi connectivity index (χ0v) is 11.4. The van der Waals surface area contributed by atoms with E-state index >= 15 is 0 Å². The third-order valence-electron chi connectivity index (χ3n) is 5.05. The van der Waals surface area contributed by atoms with Crippen molar-refractivity contribution in [1.29, 1.82) is 0 Å². The highest BCUT2D eigenvalue weighted by Gasteiger charge is 2.40. The summed E-state index contributed by atoms with van der Waals surface area (Å²) in [7, 11) is 2.15. The fourth-order valence-electron chi connectivity index (χ4n) is 3.88. The lowest BCUT2D eigenvalue weighted by Crippen LogP contribution is -2.50. The van der Waals surface area contributed by atoms with Crippen LogP contribution in [0.3, 0.4) is 0 Å². The van der Waals surface area contributed by atoms with Crippen LogP contribution in [0.25, 0.3) is 0 Å². The van der Waals surface area contributed by atoms with Crippen molar-refractivity contribution in [1.82, 2.24) is 15.1 Å². The van der Waals surface area contributed by atoms with E-state index in [9.17, 15) is 4.79 Å². The average Bonchev–Trinajstić information content (AvgIpc) is 2.94. The van der Waals surface area contributed by atoms with Crippen LogP contribution in [-0.2, 0) is 4.79 Å². The number of hydrogen-bond acceptors (Lipinski definition) is 3. The smallest absolute Gasteiger partial charge is 0.234 e. The minimum Gasteiger partial charge on any atom is -0.352 e. The maximum absolute atomic E-state index is 12.1. The van der Waals surface area contributed by atoms with Crippen molar-refractivity contribution in [3.05, 3.63) is 0 Å². The molecule has 1 N–H and O–H groups in total. The van der Waals surface area contributed by atoms with Crippen molar-refractivity contribution in [2.24, 2.45) is 11.8 Å².